The maximum atomic E-state index is 8.25. The summed E-state index contributed by atoms with van der Waals surface area (Å²) in [6.45, 7) is 0. The van der Waals surface area contributed by atoms with E-state index in [1.807, 2.05) is 60.7 Å². The smallest absolute Gasteiger partial charge is 0.172 e. The summed E-state index contributed by atoms with van der Waals surface area (Å²) in [6.07, 6.45) is 0. The molecule has 0 amide bonds. The largest absolute Gasteiger partial charge is 0.214 e. The van der Waals surface area contributed by atoms with Crippen molar-refractivity contribution in [3.8, 4) is 0 Å². The Bertz CT molecular complexity index is 161. The van der Waals surface area contributed by atoms with Gasteiger partial charge in [0.1, 0.15) is 0 Å². The van der Waals surface area contributed by atoms with Gasteiger partial charge in [0, 0.05) is 0 Å². The van der Waals surface area contributed by atoms with E-state index in [0.29, 0.717) is 0 Å². The van der Waals surface area contributed by atoms with Crippen LogP contribution in [0, 0.1) is 0 Å². The van der Waals surface area contributed by atoms with Gasteiger partial charge in [0.15, 0.2) is 0 Å². The maximum absolute atomic E-state index is 8.25. The van der Waals surface area contributed by atoms with E-state index in [1.54, 1.807) is 0 Å². The Morgan fingerprint density at radius 2 is 0.917 bits per heavy atom. The first-order valence-corrected chi connectivity index (χ1v) is 4.17. The number of hydrogen-bond acceptors (Lipinski definition) is 1. The predicted octanol–water partition coefficient (Wildman–Crippen LogP) is 2.69. The molecule has 0 radical (unpaired) electrons. The van der Waals surface area contributed by atoms with Crippen LogP contribution in [-0.4, -0.2) is 0 Å². The van der Waals surface area contributed by atoms with E-state index in [2.05, 4.69) is 0 Å². The molecule has 0 aliphatic heterocycles. The van der Waals surface area contributed by atoms with Crippen molar-refractivity contribution in [1.82, 2.24) is 0 Å². The van der Waals surface area contributed by atoms with Crippen LogP contribution in [0.2, 0.25) is 0 Å². The predicted molar refractivity (Wildman–Crippen MR) is 44.8 cm³/mol. The minimum Gasteiger partial charge on any atom is -0.214 e. The van der Waals surface area contributed by atoms with Crippen molar-refractivity contribution >= 4 is 0 Å². The van der Waals surface area contributed by atoms with Crippen LogP contribution in [0.15, 0.2) is 60.7 Å². The van der Waals surface area contributed by atoms with Gasteiger partial charge in [0.05, 0.1) is 0 Å². The average molecular weight is 194 g/mol. The summed E-state index contributed by atoms with van der Waals surface area (Å²) < 4.78 is 8.25. The molecular weight excluding hydrogens is 184 g/mol. The Morgan fingerprint density at radius 1 is 0.667 bits per heavy atom. The van der Waals surface area contributed by atoms with Gasteiger partial charge in [-0.1, -0.05) is 0 Å². The number of rotatable bonds is 0. The van der Waals surface area contributed by atoms with E-state index in [-0.39, 0.29) is 0 Å². The Hall–Kier alpha value is -0.786. The Balaban J connectivity index is 0.000000168. The van der Waals surface area contributed by atoms with Crippen LogP contribution in [0.3, 0.4) is 0 Å². The standard InChI is InChI=1S/2C5H5.O.Ti/c2*1-2-4-5-3-1;;/h2*1-5H;;/q2*-1;;+2. The summed E-state index contributed by atoms with van der Waals surface area (Å²) in [5, 5.41) is 0. The quantitative estimate of drug-likeness (QED) is 0.465. The van der Waals surface area contributed by atoms with E-state index in [4.69, 9.17) is 3.32 Å². The minimum atomic E-state index is 0.750. The summed E-state index contributed by atoms with van der Waals surface area (Å²) in [5.41, 5.74) is 0. The molecule has 0 unspecified atom stereocenters. The van der Waals surface area contributed by atoms with Crippen LogP contribution in [0.1, 0.15) is 0 Å². The third-order valence-electron chi connectivity index (χ3n) is 1.11. The van der Waals surface area contributed by atoms with Gasteiger partial charge in [-0.15, -0.1) is 0 Å². The third kappa shape index (κ3) is 7.32. The van der Waals surface area contributed by atoms with Gasteiger partial charge in [-0.25, -0.2) is 24.3 Å². The van der Waals surface area contributed by atoms with Crippen molar-refractivity contribution in [2.45, 2.75) is 0 Å². The molecule has 0 aromatic heterocycles. The van der Waals surface area contributed by atoms with Crippen LogP contribution in [0.5, 0.6) is 0 Å². The zero-order valence-electron chi connectivity index (χ0n) is 6.68. The molecule has 0 aliphatic rings. The first-order chi connectivity index (χ1) is 6.00. The molecule has 0 saturated heterocycles. The van der Waals surface area contributed by atoms with Crippen LogP contribution < -0.4 is 0 Å². The van der Waals surface area contributed by atoms with Crippen LogP contribution in [-0.2, 0) is 23.7 Å². The summed E-state index contributed by atoms with van der Waals surface area (Å²) in [5.74, 6) is 0. The van der Waals surface area contributed by atoms with Crippen molar-refractivity contribution in [2.24, 2.45) is 0 Å². The molecule has 0 saturated carbocycles. The maximum Gasteiger partial charge on any atom is -0.172 e. The number of hydrogen-bond donors (Lipinski definition) is 0. The van der Waals surface area contributed by atoms with Crippen LogP contribution in [0.4, 0.5) is 0 Å². The fraction of sp³-hybridized carbons (Fsp3) is 0. The molecular formula is C10H10OTi. The van der Waals surface area contributed by atoms with Crippen molar-refractivity contribution in [2.75, 3.05) is 0 Å². The van der Waals surface area contributed by atoms with Gasteiger partial charge < -0.3 is 0 Å². The van der Waals surface area contributed by atoms with Crippen molar-refractivity contribution in [3.05, 3.63) is 60.7 Å². The molecule has 60 valence electrons. The third-order valence-corrected chi connectivity index (χ3v) is 1.11. The van der Waals surface area contributed by atoms with Gasteiger partial charge in [-0.2, -0.15) is 36.4 Å². The normalized spacial score (nSPS) is 7.17. The summed E-state index contributed by atoms with van der Waals surface area (Å²) in [6, 6.07) is 20.0. The second-order valence-electron chi connectivity index (χ2n) is 1.92. The molecule has 2 rings (SSSR count). The monoisotopic (exact) mass is 194 g/mol. The van der Waals surface area contributed by atoms with Gasteiger partial charge in [-0.3, -0.25) is 0 Å². The summed E-state index contributed by atoms with van der Waals surface area (Å²) >= 11 is 0.750. The molecule has 0 spiro atoms. The van der Waals surface area contributed by atoms with Gasteiger partial charge in [-0.05, 0) is 0 Å². The topological polar surface area (TPSA) is 17.1 Å². The van der Waals surface area contributed by atoms with Crippen LogP contribution >= 0.6 is 0 Å². The Morgan fingerprint density at radius 3 is 1.00 bits per heavy atom. The zero-order valence-corrected chi connectivity index (χ0v) is 8.24. The minimum absolute atomic E-state index is 0.750. The average Bonchev–Trinajstić information content (AvgIpc) is 2.87. The SMILES string of the molecule is [O]=[Ti+2].c1cc[cH-]c1.c1cc[cH-]c1. The fourth-order valence-corrected chi connectivity index (χ4v) is 0.642. The molecule has 2 aromatic rings. The molecule has 0 heterocycles. The molecule has 2 aromatic carbocycles. The molecule has 0 bridgehead atoms. The zero-order chi connectivity index (χ0) is 9.07. The first kappa shape index (κ1) is 11.2. The molecule has 0 aliphatic carbocycles. The summed E-state index contributed by atoms with van der Waals surface area (Å²) in [4.78, 5) is 0. The van der Waals surface area contributed by atoms with E-state index in [1.165, 1.54) is 0 Å². The summed E-state index contributed by atoms with van der Waals surface area (Å²) in [7, 11) is 0. The second-order valence-corrected chi connectivity index (χ2v) is 1.92. The molecule has 1 nitrogen and oxygen atoms in total. The molecule has 12 heavy (non-hydrogen) atoms. The fourth-order valence-electron chi connectivity index (χ4n) is 0.642. The van der Waals surface area contributed by atoms with Crippen LogP contribution in [0.25, 0.3) is 0 Å². The van der Waals surface area contributed by atoms with E-state index in [0.717, 1.165) is 20.4 Å². The Labute approximate surface area is 84.5 Å². The van der Waals surface area contributed by atoms with E-state index < -0.39 is 0 Å². The van der Waals surface area contributed by atoms with Gasteiger partial charge in [0.25, 0.3) is 0 Å². The van der Waals surface area contributed by atoms with Crippen molar-refractivity contribution < 1.29 is 23.7 Å². The van der Waals surface area contributed by atoms with Gasteiger partial charge in [0.2, 0.25) is 0 Å². The van der Waals surface area contributed by atoms with Crippen molar-refractivity contribution in [3.63, 3.8) is 0 Å². The Kier molecular flexibility index (Phi) is 9.55. The van der Waals surface area contributed by atoms with Crippen molar-refractivity contribution in [1.29, 1.82) is 0 Å². The second kappa shape index (κ2) is 10.2. The molecule has 0 atom stereocenters. The molecule has 0 fully saturated rings. The molecule has 0 N–H and O–H groups in total. The van der Waals surface area contributed by atoms with Gasteiger partial charge >= 0.3 is 23.7 Å². The van der Waals surface area contributed by atoms with E-state index >= 15 is 0 Å². The first-order valence-electron chi connectivity index (χ1n) is 3.54. The van der Waals surface area contributed by atoms with E-state index in [9.17, 15) is 0 Å². The molecule has 2 heteroatoms.